The van der Waals surface area contributed by atoms with Crippen LogP contribution < -0.4 is 0 Å². The molecule has 1 aromatic carbocycles. The maximum Gasteiger partial charge on any atom is 0.505 e. The smallest absolute Gasteiger partial charge is 0.461 e. The maximum atomic E-state index is 11.9. The molecule has 0 amide bonds. The summed E-state index contributed by atoms with van der Waals surface area (Å²) in [6.07, 6.45) is 1.21. The van der Waals surface area contributed by atoms with Crippen LogP contribution in [0.2, 0.25) is 6.04 Å². The van der Waals surface area contributed by atoms with Crippen LogP contribution in [0.25, 0.3) is 0 Å². The third-order valence-corrected chi connectivity index (χ3v) is 7.05. The molecule has 6 nitrogen and oxygen atoms in total. The predicted octanol–water partition coefficient (Wildman–Crippen LogP) is 2.46. The lowest BCUT2D eigenvalue weighted by Gasteiger charge is -2.33. The largest absolute Gasteiger partial charge is 0.505 e. The monoisotopic (exact) mass is 370 g/mol. The Morgan fingerprint density at radius 1 is 1.00 bits per heavy atom. The van der Waals surface area contributed by atoms with Gasteiger partial charge in [-0.15, -0.1) is 0 Å². The Morgan fingerprint density at radius 2 is 1.60 bits per heavy atom. The molecule has 0 aromatic heterocycles. The number of carbonyl (C=O) groups excluding carboxylic acids is 1. The number of carbonyl (C=O) groups is 1. The number of nitrogens with zero attached hydrogens (tertiary/aromatic N) is 1. The van der Waals surface area contributed by atoms with E-state index in [0.29, 0.717) is 13.0 Å². The quantitative estimate of drug-likeness (QED) is 0.321. The Hall–Kier alpha value is -1.25. The van der Waals surface area contributed by atoms with Crippen LogP contribution in [-0.4, -0.2) is 67.8 Å². The lowest BCUT2D eigenvalue weighted by atomic mass is 10.2. The second-order valence-corrected chi connectivity index (χ2v) is 9.77. The van der Waals surface area contributed by atoms with E-state index in [0.717, 1.165) is 35.6 Å². The lowest BCUT2D eigenvalue weighted by molar-refractivity contribution is -0.888. The average Bonchev–Trinajstić information content (AvgIpc) is 2.62. The van der Waals surface area contributed by atoms with Crippen LogP contribution in [0.1, 0.15) is 18.4 Å². The minimum absolute atomic E-state index is 0.154. The highest BCUT2D eigenvalue weighted by Gasteiger charge is 2.39. The van der Waals surface area contributed by atoms with Crippen LogP contribution in [0.15, 0.2) is 30.3 Å². The van der Waals surface area contributed by atoms with E-state index in [1.54, 1.807) is 21.3 Å². The van der Waals surface area contributed by atoms with Crippen LogP contribution in [-0.2, 0) is 29.4 Å². The molecule has 0 aliphatic rings. The Bertz CT molecular complexity index is 497. The van der Waals surface area contributed by atoms with E-state index < -0.39 is 8.80 Å². The van der Waals surface area contributed by atoms with Gasteiger partial charge in [0.25, 0.3) is 0 Å². The summed E-state index contributed by atoms with van der Waals surface area (Å²) in [4.78, 5) is 11.9. The average molecular weight is 371 g/mol. The Labute approximate surface area is 152 Å². The maximum absolute atomic E-state index is 11.9. The number of benzene rings is 1. The van der Waals surface area contributed by atoms with Gasteiger partial charge in [0, 0.05) is 27.8 Å². The molecule has 0 saturated carbocycles. The first-order chi connectivity index (χ1) is 11.9. The summed E-state index contributed by atoms with van der Waals surface area (Å²) in [5.41, 5.74) is 1.01. The highest BCUT2D eigenvalue weighted by molar-refractivity contribution is 6.60. The van der Waals surface area contributed by atoms with E-state index >= 15 is 0 Å². The highest BCUT2D eigenvalue weighted by Crippen LogP contribution is 2.16. The molecule has 7 heteroatoms. The first kappa shape index (κ1) is 21.8. The second kappa shape index (κ2) is 10.7. The van der Waals surface area contributed by atoms with E-state index in [-0.39, 0.29) is 5.97 Å². The fraction of sp³-hybridized carbons (Fsp3) is 0.611. The van der Waals surface area contributed by atoms with Crippen molar-refractivity contribution in [2.24, 2.45) is 0 Å². The molecule has 0 saturated heterocycles. The Balaban J connectivity index is 2.29. The number of rotatable bonds is 12. The third-order valence-electron chi connectivity index (χ3n) is 4.34. The van der Waals surface area contributed by atoms with Gasteiger partial charge in [-0.3, -0.25) is 4.79 Å². The SMILES string of the molecule is CO[Si](CC[N+](C)(C)CCCC(=O)OCc1ccccc1)(OC)OC. The molecule has 0 bridgehead atoms. The van der Waals surface area contributed by atoms with Gasteiger partial charge < -0.3 is 22.5 Å². The zero-order valence-corrected chi connectivity index (χ0v) is 17.1. The van der Waals surface area contributed by atoms with Crippen molar-refractivity contribution in [3.05, 3.63) is 35.9 Å². The number of hydrogen-bond donors (Lipinski definition) is 0. The number of esters is 1. The number of hydrogen-bond acceptors (Lipinski definition) is 5. The summed E-state index contributed by atoms with van der Waals surface area (Å²) in [7, 11) is 6.60. The summed E-state index contributed by atoms with van der Waals surface area (Å²) in [5.74, 6) is -0.154. The summed E-state index contributed by atoms with van der Waals surface area (Å²) in [6, 6.07) is 10.5. The molecule has 142 valence electrons. The van der Waals surface area contributed by atoms with Crippen molar-refractivity contribution in [3.63, 3.8) is 0 Å². The van der Waals surface area contributed by atoms with Crippen LogP contribution in [0.3, 0.4) is 0 Å². The molecular formula is C18H32NO5Si+. The third kappa shape index (κ3) is 8.11. The normalized spacial score (nSPS) is 12.2. The first-order valence-electron chi connectivity index (χ1n) is 8.53. The predicted molar refractivity (Wildman–Crippen MR) is 98.9 cm³/mol. The first-order valence-corrected chi connectivity index (χ1v) is 10.5. The van der Waals surface area contributed by atoms with Gasteiger partial charge in [0.15, 0.2) is 0 Å². The summed E-state index contributed by atoms with van der Waals surface area (Å²) in [6.45, 7) is 2.07. The molecule has 0 spiro atoms. The van der Waals surface area contributed by atoms with Crippen LogP contribution >= 0.6 is 0 Å². The zero-order valence-electron chi connectivity index (χ0n) is 16.1. The molecule has 0 aliphatic carbocycles. The molecule has 0 heterocycles. The van der Waals surface area contributed by atoms with Gasteiger partial charge in [0.05, 0.1) is 39.6 Å². The van der Waals surface area contributed by atoms with Crippen LogP contribution in [0.4, 0.5) is 0 Å². The van der Waals surface area contributed by atoms with Crippen molar-refractivity contribution in [1.29, 1.82) is 0 Å². The van der Waals surface area contributed by atoms with Crippen LogP contribution in [0, 0.1) is 0 Å². The molecule has 1 aromatic rings. The molecule has 0 N–H and O–H groups in total. The molecule has 0 unspecified atom stereocenters. The van der Waals surface area contributed by atoms with E-state index in [2.05, 4.69) is 14.1 Å². The molecule has 0 fully saturated rings. The van der Waals surface area contributed by atoms with Gasteiger partial charge in [-0.25, -0.2) is 0 Å². The van der Waals surface area contributed by atoms with Gasteiger partial charge >= 0.3 is 14.8 Å². The Kier molecular flexibility index (Phi) is 9.30. The Morgan fingerprint density at radius 3 is 2.16 bits per heavy atom. The van der Waals surface area contributed by atoms with Gasteiger partial charge in [0.2, 0.25) is 0 Å². The summed E-state index contributed by atoms with van der Waals surface area (Å²) >= 11 is 0. The van der Waals surface area contributed by atoms with E-state index in [4.69, 9.17) is 18.0 Å². The van der Waals surface area contributed by atoms with Crippen molar-refractivity contribution >= 4 is 14.8 Å². The molecule has 0 aliphatic heterocycles. The molecule has 0 atom stereocenters. The molecule has 25 heavy (non-hydrogen) atoms. The number of ether oxygens (including phenoxy) is 1. The second-order valence-electron chi connectivity index (χ2n) is 6.68. The number of quaternary nitrogens is 1. The topological polar surface area (TPSA) is 54.0 Å². The minimum atomic E-state index is -2.55. The van der Waals surface area contributed by atoms with Crippen molar-refractivity contribution in [2.45, 2.75) is 25.5 Å². The fourth-order valence-corrected chi connectivity index (χ4v) is 4.56. The van der Waals surface area contributed by atoms with Gasteiger partial charge in [-0.05, 0) is 5.56 Å². The van der Waals surface area contributed by atoms with E-state index in [1.165, 1.54) is 0 Å². The minimum Gasteiger partial charge on any atom is -0.461 e. The summed E-state index contributed by atoms with van der Waals surface area (Å²) < 4.78 is 22.5. The van der Waals surface area contributed by atoms with Crippen molar-refractivity contribution in [1.82, 2.24) is 0 Å². The fourth-order valence-electron chi connectivity index (χ4n) is 2.57. The van der Waals surface area contributed by atoms with E-state index in [9.17, 15) is 4.79 Å². The van der Waals surface area contributed by atoms with Crippen LogP contribution in [0.5, 0.6) is 0 Å². The van der Waals surface area contributed by atoms with E-state index in [1.807, 2.05) is 30.3 Å². The van der Waals surface area contributed by atoms with Crippen molar-refractivity contribution in [3.8, 4) is 0 Å². The standard InChI is InChI=1S/C18H32NO5Si/c1-19(2,14-15-25(21-3,22-4)23-5)13-9-12-18(20)24-16-17-10-7-6-8-11-17/h6-8,10-11H,9,12-16H2,1-5H3/q+1. The summed E-state index contributed by atoms with van der Waals surface area (Å²) in [5, 5.41) is 0. The zero-order chi connectivity index (χ0) is 18.8. The van der Waals surface area contributed by atoms with Gasteiger partial charge in [-0.1, -0.05) is 30.3 Å². The molecule has 1 rings (SSSR count). The lowest BCUT2D eigenvalue weighted by Crippen LogP contribution is -2.50. The van der Waals surface area contributed by atoms with Gasteiger partial charge in [-0.2, -0.15) is 0 Å². The van der Waals surface area contributed by atoms with Crippen molar-refractivity contribution in [2.75, 3.05) is 48.5 Å². The van der Waals surface area contributed by atoms with Crippen molar-refractivity contribution < 1.29 is 27.3 Å². The molecule has 0 radical (unpaired) electrons. The van der Waals surface area contributed by atoms with Gasteiger partial charge in [0.1, 0.15) is 6.61 Å². The molecular weight excluding hydrogens is 338 g/mol. The highest BCUT2D eigenvalue weighted by atomic mass is 28.4.